The van der Waals surface area contributed by atoms with Crippen LogP contribution in [0.1, 0.15) is 0 Å². The van der Waals surface area contributed by atoms with Crippen LogP contribution in [0.3, 0.4) is 0 Å². The van der Waals surface area contributed by atoms with E-state index in [2.05, 4.69) is 0 Å². The second-order valence-electron chi connectivity index (χ2n) is 9.24. The molecule has 0 aromatic rings. The van der Waals surface area contributed by atoms with Crippen molar-refractivity contribution in [2.75, 3.05) is 0 Å². The Morgan fingerprint density at radius 3 is 0.559 bits per heavy atom. The predicted octanol–water partition coefficient (Wildman–Crippen LogP) is -12.9. The zero-order chi connectivity index (χ0) is 27.2. The van der Waals surface area contributed by atoms with Gasteiger partial charge in [0.2, 0.25) is 0 Å². The SMILES string of the molecule is [B]B([B])B(B([B])[B])B(B(B([B])[B])B([B])[B])B(B(B([B])[B])B([B])[B])B(B([B])[B])B(B([B])[B])B([B])[B-]. The van der Waals surface area contributed by atoms with Crippen LogP contribution < -0.4 is 0 Å². The van der Waals surface area contributed by atoms with E-state index in [1.165, 1.54) is 0 Å². The zero-order valence-corrected chi connectivity index (χ0v) is 19.6. The third kappa shape index (κ3) is 9.75. The van der Waals surface area contributed by atoms with Gasteiger partial charge in [0.05, 0.1) is 0 Å². The predicted molar refractivity (Wildman–Crippen MR) is 196 cm³/mol. The molecule has 0 aliphatic carbocycles. The van der Waals surface area contributed by atoms with E-state index in [4.69, 9.17) is 139 Å². The molecule has 34 heavy (non-hydrogen) atoms. The van der Waals surface area contributed by atoms with Crippen molar-refractivity contribution in [2.24, 2.45) is 0 Å². The normalized spacial score (nSPS) is 9.56. The molecule has 0 aliphatic heterocycles. The van der Waals surface area contributed by atoms with Crippen LogP contribution in [0, 0.1) is 0 Å². The van der Waals surface area contributed by atoms with E-state index in [9.17, 15) is 0 Å². The van der Waals surface area contributed by atoms with Crippen LogP contribution in [0.2, 0.25) is 0 Å². The van der Waals surface area contributed by atoms with Gasteiger partial charge in [0.1, 0.15) is 0 Å². The molecule has 0 heterocycles. The molecule has 0 saturated heterocycles. The van der Waals surface area contributed by atoms with Gasteiger partial charge in [-0.2, -0.15) is 0 Å². The van der Waals surface area contributed by atoms with E-state index < -0.39 is 102 Å². The van der Waals surface area contributed by atoms with Crippen molar-refractivity contribution in [2.45, 2.75) is 0 Å². The quantitative estimate of drug-likeness (QED) is 0.252. The standard InChI is InChI=1S/B34/c1-19(2)28(20(3)4)32(27(17)18)34(31(25(13)14)26(15)16)33(29(21(5)6)22(7)8)30(23(9)10)24(11)12/q-1. The fourth-order valence-electron chi connectivity index (χ4n) is 5.39. The third-order valence-electron chi connectivity index (χ3n) is 6.67. The van der Waals surface area contributed by atoms with Crippen LogP contribution in [0.25, 0.3) is 0 Å². The van der Waals surface area contributed by atoms with Crippen molar-refractivity contribution in [1.82, 2.24) is 0 Å². The summed E-state index contributed by atoms with van der Waals surface area (Å²) >= 11 is 0. The van der Waals surface area contributed by atoms with Gasteiger partial charge >= 0.3 is 0 Å². The van der Waals surface area contributed by atoms with Crippen molar-refractivity contribution in [3.63, 3.8) is 0 Å². The second kappa shape index (κ2) is 16.3. The Morgan fingerprint density at radius 2 is 0.412 bits per heavy atom. The lowest BCUT2D eigenvalue weighted by Crippen LogP contribution is -2.90. The highest BCUT2D eigenvalue weighted by Gasteiger charge is 2.53. The smallest absolute Gasteiger partial charge is 0.0000000000000853 e. The summed E-state index contributed by atoms with van der Waals surface area (Å²) in [4.78, 5) is 0. The van der Waals surface area contributed by atoms with Gasteiger partial charge in [-0.05, 0) is 227 Å². The van der Waals surface area contributed by atoms with E-state index in [-0.39, 0.29) is 0 Å². The van der Waals surface area contributed by atoms with Gasteiger partial charge in [-0.15, -0.1) is 0 Å². The van der Waals surface area contributed by atoms with Crippen LogP contribution in [0.15, 0.2) is 0 Å². The Hall–Kier alpha value is 2.21. The molecule has 0 aromatic carbocycles. The fraction of sp³-hybridized carbons (Fsp3) is 0. The Balaban J connectivity index is 7.58. The molecule has 0 bridgehead atoms. The zero-order valence-electron chi connectivity index (χ0n) is 19.6. The summed E-state index contributed by atoms with van der Waals surface area (Å²) in [5.74, 6) is 0. The molecular weight excluding hydrogens is 368 g/mol. The van der Waals surface area contributed by atoms with Gasteiger partial charge < -0.3 is 7.74 Å². The Kier molecular flexibility index (Phi) is 17.4. The topological polar surface area (TPSA) is 0 Å². The first-order chi connectivity index (χ1) is 15.4. The van der Waals surface area contributed by atoms with Gasteiger partial charge in [-0.3, -0.25) is 0 Å². The largest absolute Gasteiger partial charge is 0.687 e. The maximum atomic E-state index is 6.24. The Morgan fingerprint density at radius 1 is 0.235 bits per heavy atom. The van der Waals surface area contributed by atoms with Gasteiger partial charge in [0, 0.05) is 0 Å². The molecule has 0 rings (SSSR count). The van der Waals surface area contributed by atoms with E-state index in [1.807, 2.05) is 0 Å². The van der Waals surface area contributed by atoms with Crippen LogP contribution in [-0.4, -0.2) is 241 Å². The molecule has 0 fully saturated rings. The molecule has 103 valence electrons. The van der Waals surface area contributed by atoms with E-state index in [0.717, 1.165) is 0 Å². The molecule has 0 aliphatic rings. The molecule has 0 atom stereocenters. The van der Waals surface area contributed by atoms with Crippen LogP contribution in [0.5, 0.6) is 0 Å². The molecular formula is B34-. The fourth-order valence-corrected chi connectivity index (χ4v) is 5.39. The molecule has 34 heteroatoms. The van der Waals surface area contributed by atoms with Crippen molar-refractivity contribution in [3.8, 4) is 0 Å². The molecule has 0 N–H and O–H groups in total. The number of hydrogen-bond acceptors (Lipinski definition) is 0. The van der Waals surface area contributed by atoms with Crippen molar-refractivity contribution in [3.05, 3.63) is 0 Å². The lowest BCUT2D eigenvalue weighted by molar-refractivity contribution is 3.24. The summed E-state index contributed by atoms with van der Waals surface area (Å²) in [6.45, 7) is 0. The minimum absolute atomic E-state index is 0.917. The Labute approximate surface area is 240 Å². The van der Waals surface area contributed by atoms with E-state index >= 15 is 0 Å². The second-order valence-corrected chi connectivity index (χ2v) is 9.24. The van der Waals surface area contributed by atoms with Gasteiger partial charge in [0.25, 0.3) is 0 Å². The maximum absolute atomic E-state index is 6.24. The van der Waals surface area contributed by atoms with Gasteiger partial charge in [-0.1, -0.05) is 0 Å². The van der Waals surface area contributed by atoms with Crippen LogP contribution >= 0.6 is 0 Å². The highest BCUT2D eigenvalue weighted by atomic mass is 13.4. The average Bonchev–Trinajstić information content (AvgIpc) is 2.60. The minimum atomic E-state index is -1.16. The summed E-state index contributed by atoms with van der Waals surface area (Å²) in [7, 11) is 110. The first-order valence-electron chi connectivity index (χ1n) is 11.0. The summed E-state index contributed by atoms with van der Waals surface area (Å²) in [6, 6.07) is 0. The van der Waals surface area contributed by atoms with E-state index in [1.54, 1.807) is 0 Å². The number of hydrogen-bond donors (Lipinski definition) is 0. The first-order valence-corrected chi connectivity index (χ1v) is 11.0. The molecule has 37 radical (unpaired) electrons. The summed E-state index contributed by atoms with van der Waals surface area (Å²) in [5, 5.41) is 0. The molecule has 0 aromatic heterocycles. The van der Waals surface area contributed by atoms with Crippen LogP contribution in [0.4, 0.5) is 0 Å². The molecule has 0 spiro atoms. The summed E-state index contributed by atoms with van der Waals surface area (Å²) in [6.07, 6.45) is -16.7. The lowest BCUT2D eigenvalue weighted by Gasteiger charge is -2.53. The van der Waals surface area contributed by atoms with Gasteiger partial charge in [0.15, 0.2) is 0 Å². The highest BCUT2D eigenvalue weighted by Crippen LogP contribution is 2.16. The highest BCUT2D eigenvalue weighted by molar-refractivity contribution is 8.29. The maximum Gasteiger partial charge on any atom is -0.0000000000000853 e. The van der Waals surface area contributed by atoms with Crippen molar-refractivity contribution in [1.29, 1.82) is 0 Å². The lowest BCUT2D eigenvalue weighted by atomic mass is 8.29. The van der Waals surface area contributed by atoms with E-state index in [0.29, 0.717) is 0 Å². The summed E-state index contributed by atoms with van der Waals surface area (Å²) in [5.41, 5.74) is 0. The van der Waals surface area contributed by atoms with Crippen molar-refractivity contribution < 1.29 is 0 Å². The minimum Gasteiger partial charge on any atom is -0.687 e. The molecule has 0 amide bonds. The van der Waals surface area contributed by atoms with Crippen LogP contribution in [-0.2, 0) is 0 Å². The third-order valence-corrected chi connectivity index (χ3v) is 6.67. The summed E-state index contributed by atoms with van der Waals surface area (Å²) < 4.78 is 0. The monoisotopic (exact) mass is 374 g/mol. The molecule has 0 saturated carbocycles. The Bertz CT molecular complexity index is 466. The number of rotatable bonds is 15. The average molecular weight is 368 g/mol. The van der Waals surface area contributed by atoms with Gasteiger partial charge in [-0.25, -0.2) is 6.39 Å². The molecule has 0 unspecified atom stereocenters. The van der Waals surface area contributed by atoms with Crippen molar-refractivity contribution >= 4 is 241 Å². The molecule has 0 nitrogen and oxygen atoms in total. The first kappa shape index (κ1) is 36.2.